The number of oxime groups is 1. The van der Waals surface area contributed by atoms with Gasteiger partial charge in [0.15, 0.2) is 0 Å². The second-order valence-corrected chi connectivity index (χ2v) is 3.83. The first-order valence-corrected chi connectivity index (χ1v) is 5.61. The normalized spacial score (nSPS) is 11.3. The third-order valence-electron chi connectivity index (χ3n) is 2.54. The van der Waals surface area contributed by atoms with Crippen LogP contribution < -0.4 is 4.74 Å². The van der Waals surface area contributed by atoms with Crippen molar-refractivity contribution in [3.05, 3.63) is 59.9 Å². The van der Waals surface area contributed by atoms with E-state index >= 15 is 0 Å². The van der Waals surface area contributed by atoms with Crippen molar-refractivity contribution in [3.8, 4) is 5.75 Å². The molecular formula is C14H14N2O2. The van der Waals surface area contributed by atoms with Crippen LogP contribution in [0.4, 0.5) is 0 Å². The summed E-state index contributed by atoms with van der Waals surface area (Å²) in [5.41, 5.74) is 2.30. The van der Waals surface area contributed by atoms with Gasteiger partial charge in [-0.2, -0.15) is 0 Å². The number of aromatic nitrogens is 1. The molecule has 0 spiro atoms. The Bertz CT molecular complexity index is 539. The van der Waals surface area contributed by atoms with Gasteiger partial charge in [-0.3, -0.25) is 4.98 Å². The van der Waals surface area contributed by atoms with Crippen LogP contribution in [0.5, 0.6) is 5.75 Å². The van der Waals surface area contributed by atoms with Crippen LogP contribution in [-0.4, -0.2) is 15.9 Å². The molecule has 0 atom stereocenters. The molecule has 4 nitrogen and oxygen atoms in total. The Labute approximate surface area is 106 Å². The minimum Gasteiger partial charge on any atom is -0.488 e. The topological polar surface area (TPSA) is 54.7 Å². The highest BCUT2D eigenvalue weighted by atomic mass is 16.5. The van der Waals surface area contributed by atoms with Crippen molar-refractivity contribution in [2.24, 2.45) is 5.16 Å². The Morgan fingerprint density at radius 3 is 2.83 bits per heavy atom. The molecule has 0 amide bonds. The van der Waals surface area contributed by atoms with E-state index in [1.807, 2.05) is 36.4 Å². The Morgan fingerprint density at radius 2 is 2.11 bits per heavy atom. The summed E-state index contributed by atoms with van der Waals surface area (Å²) < 4.78 is 5.71. The third kappa shape index (κ3) is 2.85. The van der Waals surface area contributed by atoms with Gasteiger partial charge >= 0.3 is 0 Å². The van der Waals surface area contributed by atoms with Gasteiger partial charge in [-0.15, -0.1) is 0 Å². The summed E-state index contributed by atoms with van der Waals surface area (Å²) in [6, 6.07) is 11.3. The number of hydrogen-bond donors (Lipinski definition) is 1. The zero-order valence-corrected chi connectivity index (χ0v) is 10.1. The molecule has 1 aromatic carbocycles. The summed E-state index contributed by atoms with van der Waals surface area (Å²) in [6.07, 6.45) is 3.48. The van der Waals surface area contributed by atoms with Crippen LogP contribution in [0, 0.1) is 0 Å². The molecule has 1 N–H and O–H groups in total. The lowest BCUT2D eigenvalue weighted by Crippen LogP contribution is -2.02. The average Bonchev–Trinajstić information content (AvgIpc) is 2.45. The van der Waals surface area contributed by atoms with E-state index in [1.54, 1.807) is 19.3 Å². The highest BCUT2D eigenvalue weighted by Gasteiger charge is 2.06. The van der Waals surface area contributed by atoms with Crippen LogP contribution in [0.2, 0.25) is 0 Å². The predicted molar refractivity (Wildman–Crippen MR) is 69.0 cm³/mol. The van der Waals surface area contributed by atoms with E-state index in [0.717, 1.165) is 11.1 Å². The second kappa shape index (κ2) is 5.82. The molecule has 2 rings (SSSR count). The molecule has 0 aliphatic heterocycles. The van der Waals surface area contributed by atoms with Gasteiger partial charge in [0.25, 0.3) is 0 Å². The molecule has 0 fully saturated rings. The van der Waals surface area contributed by atoms with E-state index in [0.29, 0.717) is 18.1 Å². The standard InChI is InChI=1S/C14H14N2O2/c1-11(16-17)13-6-2-3-7-14(13)18-10-12-5-4-8-15-9-12/h2-9,17H,10H2,1H3/b16-11+. The smallest absolute Gasteiger partial charge is 0.128 e. The van der Waals surface area contributed by atoms with Crippen LogP contribution in [0.25, 0.3) is 0 Å². The summed E-state index contributed by atoms with van der Waals surface area (Å²) in [6.45, 7) is 2.16. The fourth-order valence-electron chi connectivity index (χ4n) is 1.59. The lowest BCUT2D eigenvalue weighted by molar-refractivity contribution is 0.303. The molecule has 92 valence electrons. The third-order valence-corrected chi connectivity index (χ3v) is 2.54. The van der Waals surface area contributed by atoms with Crippen molar-refractivity contribution >= 4 is 5.71 Å². The number of nitrogens with zero attached hydrogens (tertiary/aromatic N) is 2. The predicted octanol–water partition coefficient (Wildman–Crippen LogP) is 2.86. The molecule has 4 heteroatoms. The monoisotopic (exact) mass is 242 g/mol. The number of rotatable bonds is 4. The average molecular weight is 242 g/mol. The first-order chi connectivity index (χ1) is 8.81. The fourth-order valence-corrected chi connectivity index (χ4v) is 1.59. The number of para-hydroxylation sites is 1. The molecule has 0 saturated heterocycles. The largest absolute Gasteiger partial charge is 0.488 e. The quantitative estimate of drug-likeness (QED) is 0.509. The zero-order chi connectivity index (χ0) is 12.8. The van der Waals surface area contributed by atoms with E-state index in [2.05, 4.69) is 10.1 Å². The number of ether oxygens (including phenoxy) is 1. The summed E-state index contributed by atoms with van der Waals surface area (Å²) in [7, 11) is 0. The first kappa shape index (κ1) is 12.1. The molecular weight excluding hydrogens is 228 g/mol. The van der Waals surface area contributed by atoms with Crippen molar-refractivity contribution in [2.45, 2.75) is 13.5 Å². The maximum atomic E-state index is 8.82. The molecule has 0 saturated carbocycles. The van der Waals surface area contributed by atoms with Crippen LogP contribution in [0.3, 0.4) is 0 Å². The van der Waals surface area contributed by atoms with Crippen molar-refractivity contribution in [1.29, 1.82) is 0 Å². The van der Waals surface area contributed by atoms with Crippen LogP contribution in [-0.2, 0) is 6.61 Å². The maximum absolute atomic E-state index is 8.82. The van der Waals surface area contributed by atoms with Crippen molar-refractivity contribution < 1.29 is 9.94 Å². The van der Waals surface area contributed by atoms with Crippen LogP contribution >= 0.6 is 0 Å². The molecule has 0 aliphatic carbocycles. The SMILES string of the molecule is C/C(=N\O)c1ccccc1OCc1cccnc1. The van der Waals surface area contributed by atoms with E-state index in [-0.39, 0.29) is 0 Å². The fraction of sp³-hybridized carbons (Fsp3) is 0.143. The highest BCUT2D eigenvalue weighted by molar-refractivity contribution is 6.00. The molecule has 0 unspecified atom stereocenters. The molecule has 1 aromatic heterocycles. The van der Waals surface area contributed by atoms with Gasteiger partial charge in [0.05, 0.1) is 5.71 Å². The number of hydrogen-bond acceptors (Lipinski definition) is 4. The molecule has 18 heavy (non-hydrogen) atoms. The number of pyridine rings is 1. The van der Waals surface area contributed by atoms with E-state index in [1.165, 1.54) is 0 Å². The van der Waals surface area contributed by atoms with Gasteiger partial charge in [-0.25, -0.2) is 0 Å². The van der Waals surface area contributed by atoms with E-state index < -0.39 is 0 Å². The lowest BCUT2D eigenvalue weighted by Gasteiger charge is -2.10. The van der Waals surface area contributed by atoms with E-state index in [9.17, 15) is 0 Å². The van der Waals surface area contributed by atoms with Crippen molar-refractivity contribution in [3.63, 3.8) is 0 Å². The zero-order valence-electron chi connectivity index (χ0n) is 10.1. The Kier molecular flexibility index (Phi) is 3.91. The molecule has 0 bridgehead atoms. The Morgan fingerprint density at radius 1 is 1.28 bits per heavy atom. The van der Waals surface area contributed by atoms with Crippen molar-refractivity contribution in [2.75, 3.05) is 0 Å². The molecule has 0 radical (unpaired) electrons. The van der Waals surface area contributed by atoms with Gasteiger partial charge in [-0.05, 0) is 25.1 Å². The molecule has 0 aliphatic rings. The van der Waals surface area contributed by atoms with Gasteiger partial charge in [0, 0.05) is 23.5 Å². The van der Waals surface area contributed by atoms with Crippen LogP contribution in [0.1, 0.15) is 18.1 Å². The Balaban J connectivity index is 2.15. The van der Waals surface area contributed by atoms with Gasteiger partial charge in [-0.1, -0.05) is 23.4 Å². The summed E-state index contributed by atoms with van der Waals surface area (Å²) >= 11 is 0. The van der Waals surface area contributed by atoms with E-state index in [4.69, 9.17) is 9.94 Å². The summed E-state index contributed by atoms with van der Waals surface area (Å²) in [5.74, 6) is 0.691. The van der Waals surface area contributed by atoms with Gasteiger partial charge < -0.3 is 9.94 Å². The first-order valence-electron chi connectivity index (χ1n) is 5.61. The minimum atomic E-state index is 0.434. The maximum Gasteiger partial charge on any atom is 0.128 e. The Hall–Kier alpha value is -2.36. The second-order valence-electron chi connectivity index (χ2n) is 3.83. The van der Waals surface area contributed by atoms with Gasteiger partial charge in [0.1, 0.15) is 12.4 Å². The number of benzene rings is 1. The van der Waals surface area contributed by atoms with Crippen LogP contribution in [0.15, 0.2) is 53.9 Å². The highest BCUT2D eigenvalue weighted by Crippen LogP contribution is 2.20. The molecule has 2 aromatic rings. The molecule has 1 heterocycles. The summed E-state index contributed by atoms with van der Waals surface area (Å²) in [5, 5.41) is 12.0. The summed E-state index contributed by atoms with van der Waals surface area (Å²) in [4.78, 5) is 4.03. The van der Waals surface area contributed by atoms with Crippen molar-refractivity contribution in [1.82, 2.24) is 4.98 Å². The lowest BCUT2D eigenvalue weighted by atomic mass is 10.1. The minimum absolute atomic E-state index is 0.434. The van der Waals surface area contributed by atoms with Gasteiger partial charge in [0.2, 0.25) is 0 Å².